The molecular weight excluding hydrogens is 278 g/mol. The largest absolute Gasteiger partial charge is 0.496 e. The van der Waals surface area contributed by atoms with Crippen molar-refractivity contribution in [3.63, 3.8) is 0 Å². The maximum Gasteiger partial charge on any atom is 0.122 e. The predicted octanol–water partition coefficient (Wildman–Crippen LogP) is 3.52. The van der Waals surface area contributed by atoms with Gasteiger partial charge in [-0.05, 0) is 48.9 Å². The maximum absolute atomic E-state index is 6.20. The van der Waals surface area contributed by atoms with E-state index >= 15 is 0 Å². The lowest BCUT2D eigenvalue weighted by molar-refractivity contribution is 0.302. The Bertz CT molecular complexity index is 380. The molecule has 2 N–H and O–H groups in total. The van der Waals surface area contributed by atoms with Crippen molar-refractivity contribution >= 4 is 15.9 Å². The van der Waals surface area contributed by atoms with E-state index < -0.39 is 0 Å². The molecule has 1 saturated carbocycles. The SMILES string of the molecule is COc1ccc(Br)cc1CC1CCCCC1N. The normalized spacial score (nSPS) is 24.6. The summed E-state index contributed by atoms with van der Waals surface area (Å²) in [6, 6.07) is 6.55. The van der Waals surface area contributed by atoms with Gasteiger partial charge >= 0.3 is 0 Å². The zero-order valence-electron chi connectivity index (χ0n) is 10.3. The van der Waals surface area contributed by atoms with Gasteiger partial charge in [0, 0.05) is 10.5 Å². The Balaban J connectivity index is 2.13. The highest BCUT2D eigenvalue weighted by Gasteiger charge is 2.23. The summed E-state index contributed by atoms with van der Waals surface area (Å²) >= 11 is 3.52. The molecule has 1 fully saturated rings. The highest BCUT2D eigenvalue weighted by molar-refractivity contribution is 9.10. The Kier molecular flexibility index (Phi) is 4.46. The number of benzene rings is 1. The zero-order chi connectivity index (χ0) is 12.3. The smallest absolute Gasteiger partial charge is 0.122 e. The van der Waals surface area contributed by atoms with E-state index in [1.807, 2.05) is 12.1 Å². The molecule has 0 saturated heterocycles. The van der Waals surface area contributed by atoms with Crippen molar-refractivity contribution in [3.05, 3.63) is 28.2 Å². The van der Waals surface area contributed by atoms with Crippen LogP contribution in [0.15, 0.2) is 22.7 Å². The van der Waals surface area contributed by atoms with Crippen molar-refractivity contribution in [2.45, 2.75) is 38.1 Å². The molecule has 0 bridgehead atoms. The topological polar surface area (TPSA) is 35.2 Å². The van der Waals surface area contributed by atoms with Crippen molar-refractivity contribution in [1.29, 1.82) is 0 Å². The van der Waals surface area contributed by atoms with Crippen molar-refractivity contribution in [2.24, 2.45) is 11.7 Å². The molecule has 0 heterocycles. The number of ether oxygens (including phenoxy) is 1. The molecule has 2 nitrogen and oxygen atoms in total. The number of hydrogen-bond donors (Lipinski definition) is 1. The van der Waals surface area contributed by atoms with Crippen LogP contribution in [0.3, 0.4) is 0 Å². The van der Waals surface area contributed by atoms with Gasteiger partial charge in [-0.3, -0.25) is 0 Å². The lowest BCUT2D eigenvalue weighted by Crippen LogP contribution is -2.34. The fraction of sp³-hybridized carbons (Fsp3) is 0.571. The van der Waals surface area contributed by atoms with E-state index in [9.17, 15) is 0 Å². The third kappa shape index (κ3) is 3.23. The van der Waals surface area contributed by atoms with E-state index in [-0.39, 0.29) is 0 Å². The molecule has 1 aliphatic carbocycles. The third-order valence-corrected chi connectivity index (χ3v) is 4.19. The molecular formula is C14H20BrNO. The second-order valence-corrected chi connectivity index (χ2v) is 5.78. The molecule has 0 spiro atoms. The molecule has 3 heteroatoms. The Morgan fingerprint density at radius 2 is 2.12 bits per heavy atom. The monoisotopic (exact) mass is 297 g/mol. The summed E-state index contributed by atoms with van der Waals surface area (Å²) in [5, 5.41) is 0. The van der Waals surface area contributed by atoms with E-state index in [0.717, 1.165) is 16.6 Å². The molecule has 2 rings (SSSR count). The average molecular weight is 298 g/mol. The number of rotatable bonds is 3. The van der Waals surface area contributed by atoms with Crippen LogP contribution in [-0.2, 0) is 6.42 Å². The Morgan fingerprint density at radius 3 is 2.82 bits per heavy atom. The summed E-state index contributed by atoms with van der Waals surface area (Å²) in [4.78, 5) is 0. The molecule has 1 aliphatic rings. The number of halogens is 1. The first-order valence-electron chi connectivity index (χ1n) is 6.28. The van der Waals surface area contributed by atoms with Gasteiger partial charge in [0.15, 0.2) is 0 Å². The van der Waals surface area contributed by atoms with Gasteiger partial charge in [-0.1, -0.05) is 28.8 Å². The third-order valence-electron chi connectivity index (χ3n) is 3.69. The van der Waals surface area contributed by atoms with Crippen molar-refractivity contribution < 1.29 is 4.74 Å². The van der Waals surface area contributed by atoms with E-state index in [1.54, 1.807) is 7.11 Å². The van der Waals surface area contributed by atoms with Crippen molar-refractivity contribution in [1.82, 2.24) is 0 Å². The molecule has 17 heavy (non-hydrogen) atoms. The number of methoxy groups -OCH3 is 1. The van der Waals surface area contributed by atoms with Crippen LogP contribution in [0, 0.1) is 5.92 Å². The second-order valence-electron chi connectivity index (χ2n) is 4.87. The van der Waals surface area contributed by atoms with Crippen molar-refractivity contribution in [2.75, 3.05) is 7.11 Å². The standard InChI is InChI=1S/C14H20BrNO/c1-17-14-7-6-12(15)9-11(14)8-10-4-2-3-5-13(10)16/h6-7,9-10,13H,2-5,8,16H2,1H3. The van der Waals surface area contributed by atoms with Crippen LogP contribution in [0.1, 0.15) is 31.2 Å². The van der Waals surface area contributed by atoms with Gasteiger partial charge in [0.25, 0.3) is 0 Å². The maximum atomic E-state index is 6.20. The van der Waals surface area contributed by atoms with Crippen LogP contribution in [0.2, 0.25) is 0 Å². The summed E-state index contributed by atoms with van der Waals surface area (Å²) < 4.78 is 6.52. The van der Waals surface area contributed by atoms with E-state index in [1.165, 1.54) is 31.2 Å². The van der Waals surface area contributed by atoms with E-state index in [0.29, 0.717) is 12.0 Å². The second kappa shape index (κ2) is 5.87. The summed E-state index contributed by atoms with van der Waals surface area (Å²) in [5.74, 6) is 1.58. The summed E-state index contributed by atoms with van der Waals surface area (Å²) in [7, 11) is 1.73. The molecule has 0 aliphatic heterocycles. The Labute approximate surface area is 112 Å². The van der Waals surface area contributed by atoms with Gasteiger partial charge in [-0.2, -0.15) is 0 Å². The molecule has 2 atom stereocenters. The Morgan fingerprint density at radius 1 is 1.35 bits per heavy atom. The lowest BCUT2D eigenvalue weighted by Gasteiger charge is -2.29. The summed E-state index contributed by atoms with van der Waals surface area (Å²) in [5.41, 5.74) is 7.47. The minimum Gasteiger partial charge on any atom is -0.496 e. The number of hydrogen-bond acceptors (Lipinski definition) is 2. The lowest BCUT2D eigenvalue weighted by atomic mass is 9.81. The van der Waals surface area contributed by atoms with Gasteiger partial charge in [-0.15, -0.1) is 0 Å². The minimum atomic E-state index is 0.354. The average Bonchev–Trinajstić information content (AvgIpc) is 2.32. The van der Waals surface area contributed by atoms with E-state index in [4.69, 9.17) is 10.5 Å². The highest BCUT2D eigenvalue weighted by Crippen LogP contribution is 2.31. The molecule has 1 aromatic rings. The van der Waals surface area contributed by atoms with Gasteiger partial charge in [-0.25, -0.2) is 0 Å². The van der Waals surface area contributed by atoms with Crippen LogP contribution in [0.25, 0.3) is 0 Å². The molecule has 94 valence electrons. The van der Waals surface area contributed by atoms with Crippen molar-refractivity contribution in [3.8, 4) is 5.75 Å². The summed E-state index contributed by atoms with van der Waals surface area (Å²) in [6.07, 6.45) is 6.05. The van der Waals surface area contributed by atoms with Crippen LogP contribution in [0.5, 0.6) is 5.75 Å². The molecule has 0 radical (unpaired) electrons. The van der Waals surface area contributed by atoms with Crippen LogP contribution < -0.4 is 10.5 Å². The van der Waals surface area contributed by atoms with Gasteiger partial charge in [0.1, 0.15) is 5.75 Å². The van der Waals surface area contributed by atoms with Crippen LogP contribution in [-0.4, -0.2) is 13.2 Å². The van der Waals surface area contributed by atoms with E-state index in [2.05, 4.69) is 22.0 Å². The van der Waals surface area contributed by atoms with Gasteiger partial charge < -0.3 is 10.5 Å². The Hall–Kier alpha value is -0.540. The van der Waals surface area contributed by atoms with Gasteiger partial charge in [0.05, 0.1) is 7.11 Å². The first kappa shape index (κ1) is 12.9. The first-order valence-corrected chi connectivity index (χ1v) is 7.08. The molecule has 0 amide bonds. The highest BCUT2D eigenvalue weighted by atomic mass is 79.9. The van der Waals surface area contributed by atoms with Crippen LogP contribution in [0.4, 0.5) is 0 Å². The quantitative estimate of drug-likeness (QED) is 0.926. The molecule has 2 unspecified atom stereocenters. The molecule has 1 aromatic carbocycles. The van der Waals surface area contributed by atoms with Gasteiger partial charge in [0.2, 0.25) is 0 Å². The summed E-state index contributed by atoms with van der Waals surface area (Å²) in [6.45, 7) is 0. The first-order chi connectivity index (χ1) is 8.20. The van der Waals surface area contributed by atoms with Crippen LogP contribution >= 0.6 is 15.9 Å². The number of nitrogens with two attached hydrogens (primary N) is 1. The minimum absolute atomic E-state index is 0.354. The molecule has 0 aromatic heterocycles. The predicted molar refractivity (Wildman–Crippen MR) is 74.3 cm³/mol. The fourth-order valence-electron chi connectivity index (χ4n) is 2.68. The fourth-order valence-corrected chi connectivity index (χ4v) is 3.09. The zero-order valence-corrected chi connectivity index (χ0v) is 11.9.